The maximum atomic E-state index is 13.9. The van der Waals surface area contributed by atoms with Crippen molar-refractivity contribution >= 4 is 17.6 Å². The molecule has 0 aliphatic carbocycles. The minimum Gasteiger partial charge on any atom is -0.393 e. The molecule has 1 aliphatic heterocycles. The zero-order valence-corrected chi connectivity index (χ0v) is 13.6. The van der Waals surface area contributed by atoms with E-state index in [4.69, 9.17) is 11.6 Å². The van der Waals surface area contributed by atoms with Crippen molar-refractivity contribution in [2.75, 3.05) is 13.1 Å². The molecule has 0 radical (unpaired) electrons. The topological polar surface area (TPSA) is 52.6 Å². The highest BCUT2D eigenvalue weighted by Crippen LogP contribution is 2.26. The first-order chi connectivity index (χ1) is 10.4. The number of hydrogen-bond donors (Lipinski definition) is 2. The number of aliphatic hydroxyl groups is 1. The SMILES string of the molecule is CC(NC(=O)N1CCCC(C(C)O)C1)c1c(F)cccc1Cl. The number of halogens is 2. The van der Waals surface area contributed by atoms with E-state index in [1.54, 1.807) is 24.8 Å². The van der Waals surface area contributed by atoms with Crippen molar-refractivity contribution in [3.05, 3.63) is 34.6 Å². The first kappa shape index (κ1) is 17.0. The van der Waals surface area contributed by atoms with Crippen LogP contribution in [0.5, 0.6) is 0 Å². The number of urea groups is 1. The fourth-order valence-electron chi connectivity index (χ4n) is 2.86. The Morgan fingerprint density at radius 1 is 1.50 bits per heavy atom. The van der Waals surface area contributed by atoms with Gasteiger partial charge in [0.05, 0.1) is 12.1 Å². The normalized spacial score (nSPS) is 21.3. The van der Waals surface area contributed by atoms with E-state index in [0.717, 1.165) is 12.8 Å². The van der Waals surface area contributed by atoms with Crippen LogP contribution in [0.3, 0.4) is 0 Å². The zero-order valence-electron chi connectivity index (χ0n) is 12.9. The molecule has 1 aliphatic rings. The van der Waals surface area contributed by atoms with Crippen LogP contribution in [-0.4, -0.2) is 35.2 Å². The predicted molar refractivity (Wildman–Crippen MR) is 84.3 cm³/mol. The Hall–Kier alpha value is -1.33. The monoisotopic (exact) mass is 328 g/mol. The van der Waals surface area contributed by atoms with Crippen LogP contribution in [-0.2, 0) is 0 Å². The number of nitrogens with one attached hydrogen (secondary N) is 1. The third-order valence-corrected chi connectivity index (χ3v) is 4.53. The van der Waals surface area contributed by atoms with E-state index < -0.39 is 18.0 Å². The Kier molecular flexibility index (Phi) is 5.64. The fourth-order valence-corrected chi connectivity index (χ4v) is 3.19. The number of piperidine rings is 1. The molecule has 122 valence electrons. The Morgan fingerprint density at radius 3 is 2.86 bits per heavy atom. The van der Waals surface area contributed by atoms with Crippen molar-refractivity contribution in [3.63, 3.8) is 0 Å². The molecule has 3 atom stereocenters. The largest absolute Gasteiger partial charge is 0.393 e. The van der Waals surface area contributed by atoms with Crippen molar-refractivity contribution in [1.82, 2.24) is 10.2 Å². The number of carbonyl (C=O) groups is 1. The standard InChI is InChI=1S/C16H22ClFN2O2/c1-10(15-13(17)6-3-7-14(15)18)19-16(22)20-8-4-5-12(9-20)11(2)21/h3,6-7,10-12,21H,4-5,8-9H2,1-2H3,(H,19,22). The number of aliphatic hydroxyl groups excluding tert-OH is 1. The van der Waals surface area contributed by atoms with E-state index >= 15 is 0 Å². The molecule has 1 aromatic carbocycles. The van der Waals surface area contributed by atoms with Gasteiger partial charge in [-0.15, -0.1) is 0 Å². The summed E-state index contributed by atoms with van der Waals surface area (Å²) >= 11 is 6.02. The second-order valence-corrected chi connectivity index (χ2v) is 6.30. The lowest BCUT2D eigenvalue weighted by Gasteiger charge is -2.35. The lowest BCUT2D eigenvalue weighted by atomic mass is 9.93. The Bertz CT molecular complexity index is 519. The molecule has 1 fully saturated rings. The molecule has 2 amide bonds. The molecular weight excluding hydrogens is 307 g/mol. The summed E-state index contributed by atoms with van der Waals surface area (Å²) in [4.78, 5) is 14.0. The minimum absolute atomic E-state index is 0.0897. The van der Waals surface area contributed by atoms with E-state index in [1.165, 1.54) is 12.1 Å². The molecule has 2 rings (SSSR count). The van der Waals surface area contributed by atoms with Crippen LogP contribution in [0.25, 0.3) is 0 Å². The number of benzene rings is 1. The molecule has 1 aromatic rings. The van der Waals surface area contributed by atoms with Gasteiger partial charge in [0.2, 0.25) is 0 Å². The highest BCUT2D eigenvalue weighted by molar-refractivity contribution is 6.31. The molecule has 0 saturated carbocycles. The number of nitrogens with zero attached hydrogens (tertiary/aromatic N) is 1. The van der Waals surface area contributed by atoms with Crippen LogP contribution >= 0.6 is 11.6 Å². The van der Waals surface area contributed by atoms with Gasteiger partial charge in [0.1, 0.15) is 5.82 Å². The van der Waals surface area contributed by atoms with Crippen molar-refractivity contribution in [2.24, 2.45) is 5.92 Å². The Labute approximate surface area is 135 Å². The summed E-state index contributed by atoms with van der Waals surface area (Å²) < 4.78 is 13.9. The highest BCUT2D eigenvalue weighted by Gasteiger charge is 2.27. The summed E-state index contributed by atoms with van der Waals surface area (Å²) in [5.41, 5.74) is 0.293. The van der Waals surface area contributed by atoms with Gasteiger partial charge in [-0.2, -0.15) is 0 Å². The highest BCUT2D eigenvalue weighted by atomic mass is 35.5. The fraction of sp³-hybridized carbons (Fsp3) is 0.562. The summed E-state index contributed by atoms with van der Waals surface area (Å²) in [6, 6.07) is 3.69. The second kappa shape index (κ2) is 7.29. The molecule has 1 heterocycles. The third-order valence-electron chi connectivity index (χ3n) is 4.20. The number of rotatable bonds is 3. The van der Waals surface area contributed by atoms with Gasteiger partial charge in [0.25, 0.3) is 0 Å². The van der Waals surface area contributed by atoms with Crippen LogP contribution in [0.15, 0.2) is 18.2 Å². The smallest absolute Gasteiger partial charge is 0.317 e. The van der Waals surface area contributed by atoms with E-state index in [9.17, 15) is 14.3 Å². The van der Waals surface area contributed by atoms with Crippen LogP contribution < -0.4 is 5.32 Å². The molecule has 1 saturated heterocycles. The molecule has 0 spiro atoms. The molecule has 22 heavy (non-hydrogen) atoms. The average molecular weight is 329 g/mol. The minimum atomic E-state index is -0.520. The van der Waals surface area contributed by atoms with Crippen molar-refractivity contribution in [1.29, 1.82) is 0 Å². The van der Waals surface area contributed by atoms with Crippen molar-refractivity contribution in [2.45, 2.75) is 38.8 Å². The van der Waals surface area contributed by atoms with E-state index in [2.05, 4.69) is 5.32 Å². The van der Waals surface area contributed by atoms with Crippen LogP contribution in [0, 0.1) is 11.7 Å². The molecule has 0 aromatic heterocycles. The summed E-state index contributed by atoms with van der Waals surface area (Å²) in [6.45, 7) is 4.61. The van der Waals surface area contributed by atoms with Gasteiger partial charge >= 0.3 is 6.03 Å². The first-order valence-corrected chi connectivity index (χ1v) is 7.95. The number of carbonyl (C=O) groups excluding carboxylic acids is 1. The summed E-state index contributed by atoms with van der Waals surface area (Å²) in [5.74, 6) is -0.340. The quantitative estimate of drug-likeness (QED) is 0.894. The molecule has 2 N–H and O–H groups in total. The van der Waals surface area contributed by atoms with Gasteiger partial charge in [-0.25, -0.2) is 9.18 Å². The van der Waals surface area contributed by atoms with Crippen LogP contribution in [0.4, 0.5) is 9.18 Å². The maximum absolute atomic E-state index is 13.9. The van der Waals surface area contributed by atoms with Gasteiger partial charge in [0, 0.05) is 29.6 Å². The van der Waals surface area contributed by atoms with Gasteiger partial charge in [-0.1, -0.05) is 17.7 Å². The van der Waals surface area contributed by atoms with Gasteiger partial charge in [0.15, 0.2) is 0 Å². The number of likely N-dealkylation sites (tertiary alicyclic amines) is 1. The van der Waals surface area contributed by atoms with E-state index in [1.807, 2.05) is 0 Å². The molecule has 4 nitrogen and oxygen atoms in total. The van der Waals surface area contributed by atoms with Crippen LogP contribution in [0.1, 0.15) is 38.3 Å². The van der Waals surface area contributed by atoms with Gasteiger partial charge in [-0.05, 0) is 38.8 Å². The lowest BCUT2D eigenvalue weighted by molar-refractivity contribution is 0.0734. The zero-order chi connectivity index (χ0) is 16.3. The number of amides is 2. The average Bonchev–Trinajstić information content (AvgIpc) is 2.47. The van der Waals surface area contributed by atoms with E-state index in [-0.39, 0.29) is 11.9 Å². The summed E-state index contributed by atoms with van der Waals surface area (Å²) in [6.07, 6.45) is 1.34. The maximum Gasteiger partial charge on any atom is 0.317 e. The van der Waals surface area contributed by atoms with Crippen molar-refractivity contribution in [3.8, 4) is 0 Å². The van der Waals surface area contributed by atoms with Crippen molar-refractivity contribution < 1.29 is 14.3 Å². The van der Waals surface area contributed by atoms with Gasteiger partial charge < -0.3 is 15.3 Å². The number of hydrogen-bond acceptors (Lipinski definition) is 2. The lowest BCUT2D eigenvalue weighted by Crippen LogP contribution is -2.48. The summed E-state index contributed by atoms with van der Waals surface area (Å²) in [5, 5.41) is 12.8. The third kappa shape index (κ3) is 3.90. The first-order valence-electron chi connectivity index (χ1n) is 7.57. The van der Waals surface area contributed by atoms with E-state index in [0.29, 0.717) is 23.7 Å². The molecule has 3 unspecified atom stereocenters. The molecule has 0 bridgehead atoms. The molecule has 6 heteroatoms. The summed E-state index contributed by atoms with van der Waals surface area (Å²) in [7, 11) is 0. The Balaban J connectivity index is 2.02. The van der Waals surface area contributed by atoms with Crippen LogP contribution in [0.2, 0.25) is 5.02 Å². The van der Waals surface area contributed by atoms with Gasteiger partial charge in [-0.3, -0.25) is 0 Å². The second-order valence-electron chi connectivity index (χ2n) is 5.90. The molecular formula is C16H22ClFN2O2. The Morgan fingerprint density at radius 2 is 2.23 bits per heavy atom. The predicted octanol–water partition coefficient (Wildman–Crippen LogP) is 3.34.